The molecule has 0 radical (unpaired) electrons. The van der Waals surface area contributed by atoms with E-state index in [1.54, 1.807) is 22.9 Å². The number of nitrogens with zero attached hydrogens (tertiary/aromatic N) is 2. The van der Waals surface area contributed by atoms with Crippen molar-refractivity contribution < 1.29 is 4.79 Å². The van der Waals surface area contributed by atoms with E-state index in [2.05, 4.69) is 10.4 Å². The second-order valence-corrected chi connectivity index (χ2v) is 4.97. The van der Waals surface area contributed by atoms with Gasteiger partial charge in [0.1, 0.15) is 0 Å². The molecule has 1 N–H and O–H groups in total. The molecule has 0 aliphatic carbocycles. The molecule has 0 saturated heterocycles. The lowest BCUT2D eigenvalue weighted by Crippen LogP contribution is -2.24. The van der Waals surface area contributed by atoms with E-state index in [-0.39, 0.29) is 10.9 Å². The second-order valence-electron chi connectivity index (χ2n) is 4.18. The molecule has 100 valence electrons. The first-order valence-corrected chi connectivity index (χ1v) is 6.46. The van der Waals surface area contributed by atoms with Crippen LogP contribution in [0.15, 0.2) is 24.3 Å². The minimum absolute atomic E-state index is 0.258. The third-order valence-electron chi connectivity index (χ3n) is 2.73. The van der Waals surface area contributed by atoms with E-state index >= 15 is 0 Å². The van der Waals surface area contributed by atoms with Gasteiger partial charge >= 0.3 is 0 Å². The van der Waals surface area contributed by atoms with Crippen LogP contribution in [0.5, 0.6) is 0 Å². The topological polar surface area (TPSA) is 46.9 Å². The van der Waals surface area contributed by atoms with E-state index in [0.717, 1.165) is 11.4 Å². The predicted octanol–water partition coefficient (Wildman–Crippen LogP) is 2.97. The van der Waals surface area contributed by atoms with Crippen LogP contribution >= 0.6 is 23.2 Å². The van der Waals surface area contributed by atoms with Crippen LogP contribution in [-0.4, -0.2) is 15.7 Å². The zero-order valence-electron chi connectivity index (χ0n) is 10.6. The van der Waals surface area contributed by atoms with Gasteiger partial charge in [0.05, 0.1) is 33.5 Å². The average Bonchev–Trinajstić information content (AvgIpc) is 2.68. The number of amides is 1. The molecule has 0 fully saturated rings. The maximum atomic E-state index is 12.0. The normalized spacial score (nSPS) is 10.5. The highest BCUT2D eigenvalue weighted by Gasteiger charge is 2.13. The third kappa shape index (κ3) is 3.08. The van der Waals surface area contributed by atoms with E-state index in [4.69, 9.17) is 23.2 Å². The van der Waals surface area contributed by atoms with E-state index in [1.165, 1.54) is 0 Å². The Morgan fingerprint density at radius 3 is 2.79 bits per heavy atom. The van der Waals surface area contributed by atoms with Crippen molar-refractivity contribution in [3.05, 3.63) is 51.3 Å². The number of carbonyl (C=O) groups is 1. The largest absolute Gasteiger partial charge is 0.346 e. The van der Waals surface area contributed by atoms with Gasteiger partial charge in [0.25, 0.3) is 5.91 Å². The fourth-order valence-electron chi connectivity index (χ4n) is 1.77. The van der Waals surface area contributed by atoms with Crippen molar-refractivity contribution in [2.45, 2.75) is 13.5 Å². The Bertz CT molecular complexity index is 622. The highest BCUT2D eigenvalue weighted by atomic mass is 35.5. The Labute approximate surface area is 121 Å². The van der Waals surface area contributed by atoms with Crippen molar-refractivity contribution in [1.29, 1.82) is 0 Å². The molecule has 0 unspecified atom stereocenters. The molecule has 1 aromatic carbocycles. The molecule has 0 atom stereocenters. The molecule has 2 rings (SSSR count). The summed E-state index contributed by atoms with van der Waals surface area (Å²) in [6.45, 7) is 2.29. The van der Waals surface area contributed by atoms with Crippen molar-refractivity contribution in [2.75, 3.05) is 0 Å². The molecule has 6 heteroatoms. The maximum absolute atomic E-state index is 12.0. The summed E-state index contributed by atoms with van der Waals surface area (Å²) in [5.74, 6) is -0.258. The van der Waals surface area contributed by atoms with Gasteiger partial charge in [-0.05, 0) is 25.1 Å². The van der Waals surface area contributed by atoms with Gasteiger partial charge in [0.2, 0.25) is 0 Å². The summed E-state index contributed by atoms with van der Waals surface area (Å²) in [6.07, 6.45) is 0. The first-order valence-electron chi connectivity index (χ1n) is 5.70. The lowest BCUT2D eigenvalue weighted by atomic mass is 10.2. The van der Waals surface area contributed by atoms with Gasteiger partial charge in [-0.15, -0.1) is 0 Å². The SMILES string of the molecule is Cc1cc(CNC(=O)c2cccc(Cl)c2Cl)n(C)n1. The highest BCUT2D eigenvalue weighted by Crippen LogP contribution is 2.25. The minimum atomic E-state index is -0.258. The zero-order chi connectivity index (χ0) is 14.0. The second kappa shape index (κ2) is 5.63. The molecule has 4 nitrogen and oxygen atoms in total. The van der Waals surface area contributed by atoms with E-state index in [1.807, 2.05) is 20.0 Å². The monoisotopic (exact) mass is 297 g/mol. The van der Waals surface area contributed by atoms with Crippen molar-refractivity contribution in [2.24, 2.45) is 7.05 Å². The van der Waals surface area contributed by atoms with Gasteiger partial charge in [-0.1, -0.05) is 29.3 Å². The maximum Gasteiger partial charge on any atom is 0.253 e. The van der Waals surface area contributed by atoms with Gasteiger partial charge in [-0.3, -0.25) is 9.48 Å². The van der Waals surface area contributed by atoms with E-state index < -0.39 is 0 Å². The minimum Gasteiger partial charge on any atom is -0.346 e. The Morgan fingerprint density at radius 1 is 1.42 bits per heavy atom. The number of aryl methyl sites for hydroxylation is 2. The Morgan fingerprint density at radius 2 is 2.16 bits per heavy atom. The number of nitrogens with one attached hydrogen (secondary N) is 1. The van der Waals surface area contributed by atoms with Crippen LogP contribution in [0.2, 0.25) is 10.0 Å². The molecule has 0 bridgehead atoms. The van der Waals surface area contributed by atoms with Crippen LogP contribution in [0, 0.1) is 6.92 Å². The Kier molecular flexibility index (Phi) is 4.12. The fraction of sp³-hybridized carbons (Fsp3) is 0.231. The van der Waals surface area contributed by atoms with Gasteiger partial charge in [-0.2, -0.15) is 5.10 Å². The quantitative estimate of drug-likeness (QED) is 0.947. The van der Waals surface area contributed by atoms with Crippen molar-refractivity contribution in [3.63, 3.8) is 0 Å². The standard InChI is InChI=1S/C13H13Cl2N3O/c1-8-6-9(18(2)17-8)7-16-13(19)10-4-3-5-11(14)12(10)15/h3-6H,7H2,1-2H3,(H,16,19). The van der Waals surface area contributed by atoms with E-state index in [9.17, 15) is 4.79 Å². The molecule has 0 spiro atoms. The third-order valence-corrected chi connectivity index (χ3v) is 3.54. The summed E-state index contributed by atoms with van der Waals surface area (Å²) in [4.78, 5) is 12.0. The van der Waals surface area contributed by atoms with Crippen LogP contribution in [0.25, 0.3) is 0 Å². The summed E-state index contributed by atoms with van der Waals surface area (Å²) in [7, 11) is 1.83. The van der Waals surface area contributed by atoms with Gasteiger partial charge in [0, 0.05) is 7.05 Å². The van der Waals surface area contributed by atoms with Crippen LogP contribution in [0.3, 0.4) is 0 Å². The molecule has 1 amide bonds. The first-order chi connectivity index (χ1) is 8.99. The number of benzene rings is 1. The van der Waals surface area contributed by atoms with Crippen molar-refractivity contribution in [1.82, 2.24) is 15.1 Å². The lowest BCUT2D eigenvalue weighted by molar-refractivity contribution is 0.0950. The molecule has 19 heavy (non-hydrogen) atoms. The summed E-state index contributed by atoms with van der Waals surface area (Å²) >= 11 is 11.9. The summed E-state index contributed by atoms with van der Waals surface area (Å²) in [5, 5.41) is 7.64. The van der Waals surface area contributed by atoms with Gasteiger partial charge < -0.3 is 5.32 Å². The Balaban J connectivity index is 2.10. The average molecular weight is 298 g/mol. The lowest BCUT2D eigenvalue weighted by Gasteiger charge is -2.07. The number of rotatable bonds is 3. The van der Waals surface area contributed by atoms with Gasteiger partial charge in [-0.25, -0.2) is 0 Å². The predicted molar refractivity (Wildman–Crippen MR) is 75.6 cm³/mol. The number of carbonyl (C=O) groups excluding carboxylic acids is 1. The van der Waals surface area contributed by atoms with Crippen LogP contribution < -0.4 is 5.32 Å². The molecule has 0 aliphatic rings. The molecule has 0 saturated carbocycles. The van der Waals surface area contributed by atoms with Crippen molar-refractivity contribution in [3.8, 4) is 0 Å². The summed E-state index contributed by atoms with van der Waals surface area (Å²) in [6, 6.07) is 6.89. The van der Waals surface area contributed by atoms with Crippen LogP contribution in [0.1, 0.15) is 21.7 Å². The fourth-order valence-corrected chi connectivity index (χ4v) is 2.16. The number of aromatic nitrogens is 2. The first kappa shape index (κ1) is 13.9. The smallest absolute Gasteiger partial charge is 0.253 e. The molecular weight excluding hydrogens is 285 g/mol. The van der Waals surface area contributed by atoms with Crippen molar-refractivity contribution >= 4 is 29.1 Å². The molecule has 0 aliphatic heterocycles. The molecule has 2 aromatic rings. The zero-order valence-corrected chi connectivity index (χ0v) is 12.1. The molecule has 1 aromatic heterocycles. The van der Waals surface area contributed by atoms with Crippen LogP contribution in [0.4, 0.5) is 0 Å². The van der Waals surface area contributed by atoms with Gasteiger partial charge in [0.15, 0.2) is 0 Å². The number of hydrogen-bond acceptors (Lipinski definition) is 2. The van der Waals surface area contributed by atoms with Crippen LogP contribution in [-0.2, 0) is 13.6 Å². The Hall–Kier alpha value is -1.52. The molecular formula is C13H13Cl2N3O. The summed E-state index contributed by atoms with van der Waals surface area (Å²) in [5.41, 5.74) is 2.20. The number of hydrogen-bond donors (Lipinski definition) is 1. The molecule has 1 heterocycles. The number of halogens is 2. The summed E-state index contributed by atoms with van der Waals surface area (Å²) < 4.78 is 1.73. The van der Waals surface area contributed by atoms with E-state index in [0.29, 0.717) is 17.1 Å². The highest BCUT2D eigenvalue weighted by molar-refractivity contribution is 6.43.